The Balaban J connectivity index is 1.68. The molecule has 6 nitrogen and oxygen atoms in total. The maximum atomic E-state index is 14.3. The summed E-state index contributed by atoms with van der Waals surface area (Å²) in [6.45, 7) is -0.0786. The number of hydrogen-bond donors (Lipinski definition) is 2. The lowest BCUT2D eigenvalue weighted by Crippen LogP contribution is -2.50. The van der Waals surface area contributed by atoms with Crippen LogP contribution < -0.4 is 10.6 Å². The lowest BCUT2D eigenvalue weighted by molar-refractivity contribution is -0.148. The number of benzene rings is 1. The fourth-order valence-corrected chi connectivity index (χ4v) is 3.27. The minimum atomic E-state index is -3.55. The molecule has 9 heteroatoms. The zero-order valence-corrected chi connectivity index (χ0v) is 15.1. The summed E-state index contributed by atoms with van der Waals surface area (Å²) in [4.78, 5) is 23.9. The van der Waals surface area contributed by atoms with Crippen LogP contribution in [0.3, 0.4) is 0 Å². The zero-order valence-electron chi connectivity index (χ0n) is 14.4. The Morgan fingerprint density at radius 2 is 2.04 bits per heavy atom. The highest BCUT2D eigenvalue weighted by Gasteiger charge is 2.42. The van der Waals surface area contributed by atoms with Gasteiger partial charge in [-0.1, -0.05) is 24.3 Å². The van der Waals surface area contributed by atoms with Crippen LogP contribution in [-0.4, -0.2) is 39.4 Å². The molecule has 0 unspecified atom stereocenters. The van der Waals surface area contributed by atoms with Crippen molar-refractivity contribution in [3.63, 3.8) is 0 Å². The summed E-state index contributed by atoms with van der Waals surface area (Å²) in [5.74, 6) is -5.60. The molecule has 1 aliphatic carbocycles. The first-order valence-corrected chi connectivity index (χ1v) is 9.03. The first-order chi connectivity index (χ1) is 12.9. The van der Waals surface area contributed by atoms with Crippen LogP contribution in [0.5, 0.6) is 0 Å². The summed E-state index contributed by atoms with van der Waals surface area (Å²) in [6, 6.07) is 7.62. The highest BCUT2D eigenvalue weighted by Crippen LogP contribution is 2.32. The fraction of sp³-hybridized carbons (Fsp3) is 0.389. The number of rotatable bonds is 7. The van der Waals surface area contributed by atoms with Crippen molar-refractivity contribution in [3.05, 3.63) is 53.9 Å². The van der Waals surface area contributed by atoms with Crippen LogP contribution in [0.25, 0.3) is 0 Å². The van der Waals surface area contributed by atoms with Crippen LogP contribution in [0.15, 0.2) is 42.7 Å². The number of amides is 2. The van der Waals surface area contributed by atoms with E-state index in [1.165, 1.54) is 10.9 Å². The summed E-state index contributed by atoms with van der Waals surface area (Å²) in [5.41, 5.74) is 1.68. The van der Waals surface area contributed by atoms with Crippen molar-refractivity contribution in [2.24, 2.45) is 0 Å². The molecule has 144 valence electrons. The maximum Gasteiger partial charge on any atom is 0.326 e. The molecule has 27 heavy (non-hydrogen) atoms. The van der Waals surface area contributed by atoms with E-state index < -0.39 is 36.2 Å². The van der Waals surface area contributed by atoms with Crippen molar-refractivity contribution >= 4 is 23.4 Å². The van der Waals surface area contributed by atoms with Crippen molar-refractivity contribution in [2.45, 2.75) is 37.4 Å². The molecular formula is C18H19ClF2N4O2. The molecule has 1 aromatic heterocycles. The molecule has 1 aromatic carbocycles. The molecule has 2 aromatic rings. The molecule has 0 saturated heterocycles. The van der Waals surface area contributed by atoms with Gasteiger partial charge in [-0.2, -0.15) is 13.9 Å². The topological polar surface area (TPSA) is 76.0 Å². The first-order valence-electron chi connectivity index (χ1n) is 8.50. The number of alkyl halides is 3. The summed E-state index contributed by atoms with van der Waals surface area (Å²) in [6.07, 6.45) is 2.72. The molecule has 3 rings (SSSR count). The van der Waals surface area contributed by atoms with Crippen molar-refractivity contribution < 1.29 is 18.4 Å². The monoisotopic (exact) mass is 396 g/mol. The van der Waals surface area contributed by atoms with Crippen LogP contribution in [0.1, 0.15) is 23.6 Å². The number of fused-ring (bicyclic) bond motifs is 1. The van der Waals surface area contributed by atoms with E-state index in [4.69, 9.17) is 11.6 Å². The van der Waals surface area contributed by atoms with Gasteiger partial charge in [-0.15, -0.1) is 11.6 Å². The number of aromatic nitrogens is 2. The van der Waals surface area contributed by atoms with Gasteiger partial charge in [-0.3, -0.25) is 14.3 Å². The molecule has 2 N–H and O–H groups in total. The maximum absolute atomic E-state index is 14.3. The van der Waals surface area contributed by atoms with Gasteiger partial charge in [0.25, 0.3) is 5.91 Å². The molecule has 2 amide bonds. The average molecular weight is 397 g/mol. The predicted octanol–water partition coefficient (Wildman–Crippen LogP) is 2.05. The Bertz CT molecular complexity index is 813. The van der Waals surface area contributed by atoms with E-state index >= 15 is 0 Å². The molecule has 2 atom stereocenters. The Hall–Kier alpha value is -2.48. The minimum Gasteiger partial charge on any atom is -0.346 e. The summed E-state index contributed by atoms with van der Waals surface area (Å²) < 4.78 is 29.9. The number of carbonyl (C=O) groups is 2. The third-order valence-corrected chi connectivity index (χ3v) is 4.78. The van der Waals surface area contributed by atoms with Gasteiger partial charge in [0.15, 0.2) is 0 Å². The van der Waals surface area contributed by atoms with Gasteiger partial charge in [0.2, 0.25) is 5.91 Å². The number of nitrogens with one attached hydrogen (secondary N) is 2. The number of aryl methyl sites for hydroxylation is 1. The number of carbonyl (C=O) groups excluding carboxylic acids is 2. The molecule has 0 radical (unpaired) electrons. The van der Waals surface area contributed by atoms with Crippen LogP contribution >= 0.6 is 11.6 Å². The normalized spacial score (nSPS) is 18.8. The lowest BCUT2D eigenvalue weighted by atomic mass is 10.1. The predicted molar refractivity (Wildman–Crippen MR) is 95.5 cm³/mol. The highest BCUT2D eigenvalue weighted by molar-refractivity contribution is 6.27. The minimum absolute atomic E-state index is 0.0786. The molecule has 0 aliphatic heterocycles. The second-order valence-electron chi connectivity index (χ2n) is 6.39. The van der Waals surface area contributed by atoms with E-state index in [-0.39, 0.29) is 12.4 Å². The molecule has 1 heterocycles. The van der Waals surface area contributed by atoms with Crippen LogP contribution in [0.2, 0.25) is 0 Å². The van der Waals surface area contributed by atoms with E-state index in [1.54, 1.807) is 24.4 Å². The summed E-state index contributed by atoms with van der Waals surface area (Å²) >= 11 is 5.55. The first kappa shape index (κ1) is 19.3. The van der Waals surface area contributed by atoms with Crippen molar-refractivity contribution in [1.82, 2.24) is 20.4 Å². The van der Waals surface area contributed by atoms with Gasteiger partial charge < -0.3 is 10.6 Å². The quantitative estimate of drug-likeness (QED) is 0.703. The Morgan fingerprint density at radius 3 is 2.74 bits per heavy atom. The van der Waals surface area contributed by atoms with Gasteiger partial charge in [-0.05, 0) is 23.6 Å². The van der Waals surface area contributed by atoms with Crippen molar-refractivity contribution in [3.8, 4) is 0 Å². The van der Waals surface area contributed by atoms with E-state index in [9.17, 15) is 18.4 Å². The van der Waals surface area contributed by atoms with Crippen LogP contribution in [0.4, 0.5) is 8.78 Å². The third kappa shape index (κ3) is 4.44. The second kappa shape index (κ2) is 8.04. The van der Waals surface area contributed by atoms with E-state index in [0.29, 0.717) is 6.42 Å². The van der Waals surface area contributed by atoms with Gasteiger partial charge in [0.05, 0.1) is 12.1 Å². The summed E-state index contributed by atoms with van der Waals surface area (Å²) in [7, 11) is 0. The molecular weight excluding hydrogens is 378 g/mol. The van der Waals surface area contributed by atoms with Gasteiger partial charge >= 0.3 is 5.92 Å². The molecule has 0 bridgehead atoms. The lowest BCUT2D eigenvalue weighted by Gasteiger charge is -2.25. The van der Waals surface area contributed by atoms with E-state index in [2.05, 4.69) is 15.7 Å². The molecule has 1 aliphatic rings. The van der Waals surface area contributed by atoms with E-state index in [1.807, 2.05) is 12.1 Å². The van der Waals surface area contributed by atoms with Gasteiger partial charge in [-0.25, -0.2) is 0 Å². The number of halogens is 3. The smallest absolute Gasteiger partial charge is 0.326 e. The molecule has 0 fully saturated rings. The van der Waals surface area contributed by atoms with Crippen molar-refractivity contribution in [1.29, 1.82) is 0 Å². The largest absolute Gasteiger partial charge is 0.346 e. The summed E-state index contributed by atoms with van der Waals surface area (Å²) in [5, 5.41) is 8.96. The number of hydrogen-bond acceptors (Lipinski definition) is 3. The van der Waals surface area contributed by atoms with Gasteiger partial charge in [0.1, 0.15) is 5.88 Å². The molecule has 0 spiro atoms. The fourth-order valence-electron chi connectivity index (χ4n) is 3.19. The SMILES string of the molecule is O=C(CCl)N[C@@H]1c2ccccc2C[C@H]1NC(=O)C(F)(F)CCn1cccn1. The second-order valence-corrected chi connectivity index (χ2v) is 6.65. The zero-order chi connectivity index (χ0) is 19.4. The van der Waals surface area contributed by atoms with Gasteiger partial charge in [0, 0.05) is 25.4 Å². The third-order valence-electron chi connectivity index (χ3n) is 4.53. The Morgan fingerprint density at radius 1 is 1.26 bits per heavy atom. The Kier molecular flexibility index (Phi) is 5.74. The van der Waals surface area contributed by atoms with E-state index in [0.717, 1.165) is 11.1 Å². The molecule has 0 saturated carbocycles. The average Bonchev–Trinajstić information content (AvgIpc) is 3.28. The van der Waals surface area contributed by atoms with Crippen LogP contribution in [0, 0.1) is 0 Å². The Labute approximate surface area is 159 Å². The van der Waals surface area contributed by atoms with Crippen LogP contribution in [-0.2, 0) is 22.6 Å². The highest BCUT2D eigenvalue weighted by atomic mass is 35.5. The standard InChI is InChI=1S/C18H19ClF2N4O2/c19-11-15(26)24-16-13-5-2-1-4-12(13)10-14(16)23-17(27)18(20,21)6-9-25-8-3-7-22-25/h1-5,7-8,14,16H,6,9-11H2,(H,23,27)(H,24,26)/t14-,16-/m1/s1. The number of nitrogens with zero attached hydrogens (tertiary/aromatic N) is 2. The van der Waals surface area contributed by atoms with Crippen molar-refractivity contribution in [2.75, 3.05) is 5.88 Å².